The number of fused-ring (bicyclic) bond motifs is 1. The van der Waals surface area contributed by atoms with Gasteiger partial charge in [-0.15, -0.1) is 11.8 Å². The summed E-state index contributed by atoms with van der Waals surface area (Å²) in [6.45, 7) is 4.53. The van der Waals surface area contributed by atoms with Crippen LogP contribution >= 0.6 is 11.8 Å². The number of carbonyl (C=O) groups is 1. The number of thioether (sulfide) groups is 1. The van der Waals surface area contributed by atoms with Crippen LogP contribution in [-0.4, -0.2) is 18.3 Å². The maximum absolute atomic E-state index is 12.2. The first-order valence-corrected chi connectivity index (χ1v) is 9.27. The molecule has 1 amide bonds. The molecule has 3 rings (SSSR count). The van der Waals surface area contributed by atoms with Gasteiger partial charge in [-0.2, -0.15) is 0 Å². The Bertz CT molecular complexity index is 809. The minimum atomic E-state index is -0.166. The summed E-state index contributed by atoms with van der Waals surface area (Å²) in [5.41, 5.74) is 0.836. The van der Waals surface area contributed by atoms with E-state index in [1.807, 2.05) is 68.4 Å². The van der Waals surface area contributed by atoms with Crippen LogP contribution in [0.15, 0.2) is 63.9 Å². The van der Waals surface area contributed by atoms with Crippen LogP contribution in [0.4, 0.5) is 0 Å². The first-order valence-electron chi connectivity index (χ1n) is 8.29. The highest BCUT2D eigenvalue weighted by Crippen LogP contribution is 2.24. The molecule has 1 N–H and O–H groups in total. The Hall–Kier alpha value is -2.40. The molecule has 1 atom stereocenters. The Morgan fingerprint density at radius 1 is 1.20 bits per heavy atom. The van der Waals surface area contributed by atoms with Crippen LogP contribution < -0.4 is 10.1 Å². The molecule has 1 heterocycles. The quantitative estimate of drug-likeness (QED) is 0.619. The topological polar surface area (TPSA) is 51.5 Å². The second-order valence-corrected chi connectivity index (χ2v) is 6.72. The van der Waals surface area contributed by atoms with Gasteiger partial charge in [0, 0.05) is 10.3 Å². The van der Waals surface area contributed by atoms with Gasteiger partial charge in [0.05, 0.1) is 18.4 Å². The number of hydrogen-bond acceptors (Lipinski definition) is 4. The molecule has 0 saturated carbocycles. The van der Waals surface area contributed by atoms with Gasteiger partial charge in [0.15, 0.2) is 0 Å². The van der Waals surface area contributed by atoms with Crippen molar-refractivity contribution >= 4 is 28.6 Å². The fraction of sp³-hybridized carbons (Fsp3) is 0.250. The molecule has 4 nitrogen and oxygen atoms in total. The minimum absolute atomic E-state index is 0.0214. The summed E-state index contributed by atoms with van der Waals surface area (Å²) < 4.78 is 11.2. The fourth-order valence-corrected chi connectivity index (χ4v) is 3.23. The molecule has 0 saturated heterocycles. The summed E-state index contributed by atoms with van der Waals surface area (Å²) in [4.78, 5) is 13.2. The molecular formula is C20H21NO3S. The van der Waals surface area contributed by atoms with E-state index in [9.17, 15) is 4.79 Å². The smallest absolute Gasteiger partial charge is 0.230 e. The highest BCUT2D eigenvalue weighted by Gasteiger charge is 2.14. The lowest BCUT2D eigenvalue weighted by Gasteiger charge is -2.11. The number of nitrogens with one attached hydrogen (secondary N) is 1. The molecule has 130 valence electrons. The number of furan rings is 1. The summed E-state index contributed by atoms with van der Waals surface area (Å²) in [6.07, 6.45) is 0. The standard InChI is InChI=1S/C20H21NO3S/c1-3-23-16-8-10-17(11-9-16)25-13-20(22)21-14(2)19-12-15-6-4-5-7-18(15)24-19/h4-12,14H,3,13H2,1-2H3,(H,21,22)/t14-/m1/s1. The average Bonchev–Trinajstić information content (AvgIpc) is 3.06. The molecular weight excluding hydrogens is 334 g/mol. The van der Waals surface area contributed by atoms with Gasteiger partial charge >= 0.3 is 0 Å². The van der Waals surface area contributed by atoms with E-state index in [2.05, 4.69) is 5.32 Å². The van der Waals surface area contributed by atoms with Gasteiger partial charge in [-0.05, 0) is 50.2 Å². The van der Waals surface area contributed by atoms with Crippen molar-refractivity contribution in [1.82, 2.24) is 5.32 Å². The second-order valence-electron chi connectivity index (χ2n) is 5.67. The Morgan fingerprint density at radius 2 is 1.96 bits per heavy atom. The summed E-state index contributed by atoms with van der Waals surface area (Å²) in [6, 6.07) is 17.4. The predicted molar refractivity (Wildman–Crippen MR) is 101 cm³/mol. The molecule has 0 radical (unpaired) electrons. The van der Waals surface area contributed by atoms with Gasteiger partial charge in [0.1, 0.15) is 17.1 Å². The third-order valence-corrected chi connectivity index (χ3v) is 4.77. The third-order valence-electron chi connectivity index (χ3n) is 3.75. The van der Waals surface area contributed by atoms with Crippen LogP contribution in [0.1, 0.15) is 25.6 Å². The van der Waals surface area contributed by atoms with Crippen LogP contribution in [0, 0.1) is 0 Å². The zero-order valence-electron chi connectivity index (χ0n) is 14.3. The first kappa shape index (κ1) is 17.4. The molecule has 0 spiro atoms. The van der Waals surface area contributed by atoms with Gasteiger partial charge in [0.25, 0.3) is 0 Å². The van der Waals surface area contributed by atoms with E-state index in [1.54, 1.807) is 0 Å². The minimum Gasteiger partial charge on any atom is -0.494 e. The number of amides is 1. The normalized spacial score (nSPS) is 12.1. The van der Waals surface area contributed by atoms with Gasteiger partial charge < -0.3 is 14.5 Å². The highest BCUT2D eigenvalue weighted by molar-refractivity contribution is 8.00. The van der Waals surface area contributed by atoms with E-state index in [1.165, 1.54) is 11.8 Å². The molecule has 0 unspecified atom stereocenters. The molecule has 0 bridgehead atoms. The third kappa shape index (κ3) is 4.57. The van der Waals surface area contributed by atoms with Crippen LogP contribution in [0.3, 0.4) is 0 Å². The van der Waals surface area contributed by atoms with Crippen molar-refractivity contribution in [1.29, 1.82) is 0 Å². The lowest BCUT2D eigenvalue weighted by atomic mass is 10.2. The lowest BCUT2D eigenvalue weighted by molar-refractivity contribution is -0.119. The van der Waals surface area contributed by atoms with E-state index >= 15 is 0 Å². The average molecular weight is 355 g/mol. The van der Waals surface area contributed by atoms with Crippen molar-refractivity contribution in [2.24, 2.45) is 0 Å². The zero-order chi connectivity index (χ0) is 17.6. The van der Waals surface area contributed by atoms with Crippen molar-refractivity contribution in [3.05, 3.63) is 60.4 Å². The number of para-hydroxylation sites is 1. The van der Waals surface area contributed by atoms with Crippen LogP contribution in [0.25, 0.3) is 11.0 Å². The van der Waals surface area contributed by atoms with Crippen molar-refractivity contribution in [3.8, 4) is 5.75 Å². The second kappa shape index (κ2) is 8.12. The van der Waals surface area contributed by atoms with E-state index in [4.69, 9.17) is 9.15 Å². The van der Waals surface area contributed by atoms with E-state index in [-0.39, 0.29) is 11.9 Å². The molecule has 1 aromatic heterocycles. The molecule has 2 aromatic carbocycles. The van der Waals surface area contributed by atoms with Crippen molar-refractivity contribution < 1.29 is 13.9 Å². The van der Waals surface area contributed by atoms with E-state index < -0.39 is 0 Å². The Labute approximate surface area is 151 Å². The molecule has 0 aliphatic rings. The Balaban J connectivity index is 1.53. The Kier molecular flexibility index (Phi) is 5.66. The van der Waals surface area contributed by atoms with Crippen molar-refractivity contribution in [2.75, 3.05) is 12.4 Å². The number of hydrogen-bond donors (Lipinski definition) is 1. The van der Waals surface area contributed by atoms with Crippen LogP contribution in [0.5, 0.6) is 5.75 Å². The van der Waals surface area contributed by atoms with Gasteiger partial charge in [-0.25, -0.2) is 0 Å². The Morgan fingerprint density at radius 3 is 2.68 bits per heavy atom. The predicted octanol–water partition coefficient (Wildman–Crippen LogP) is 4.80. The van der Waals surface area contributed by atoms with Crippen LogP contribution in [-0.2, 0) is 4.79 Å². The van der Waals surface area contributed by atoms with Crippen molar-refractivity contribution in [3.63, 3.8) is 0 Å². The zero-order valence-corrected chi connectivity index (χ0v) is 15.1. The van der Waals surface area contributed by atoms with Crippen molar-refractivity contribution in [2.45, 2.75) is 24.8 Å². The highest BCUT2D eigenvalue weighted by atomic mass is 32.2. The molecule has 0 fully saturated rings. The molecule has 3 aromatic rings. The van der Waals surface area contributed by atoms with Gasteiger partial charge in [0.2, 0.25) is 5.91 Å². The van der Waals surface area contributed by atoms with E-state index in [0.29, 0.717) is 12.4 Å². The molecule has 25 heavy (non-hydrogen) atoms. The van der Waals surface area contributed by atoms with E-state index in [0.717, 1.165) is 27.4 Å². The maximum atomic E-state index is 12.2. The summed E-state index contributed by atoms with van der Waals surface area (Å²) >= 11 is 1.50. The molecule has 5 heteroatoms. The number of benzene rings is 2. The van der Waals surface area contributed by atoms with Gasteiger partial charge in [-0.3, -0.25) is 4.79 Å². The lowest BCUT2D eigenvalue weighted by Crippen LogP contribution is -2.27. The first-order chi connectivity index (χ1) is 12.2. The number of ether oxygens (including phenoxy) is 1. The summed E-state index contributed by atoms with van der Waals surface area (Å²) in [5.74, 6) is 1.95. The number of carbonyl (C=O) groups excluding carboxylic acids is 1. The maximum Gasteiger partial charge on any atom is 0.230 e. The molecule has 0 aliphatic heterocycles. The number of rotatable bonds is 7. The largest absolute Gasteiger partial charge is 0.494 e. The SMILES string of the molecule is CCOc1ccc(SCC(=O)N[C@H](C)c2cc3ccccc3o2)cc1. The molecule has 0 aliphatic carbocycles. The monoisotopic (exact) mass is 355 g/mol. The van der Waals surface area contributed by atoms with Gasteiger partial charge in [-0.1, -0.05) is 18.2 Å². The summed E-state index contributed by atoms with van der Waals surface area (Å²) in [5, 5.41) is 4.02. The van der Waals surface area contributed by atoms with Crippen LogP contribution in [0.2, 0.25) is 0 Å². The fourth-order valence-electron chi connectivity index (χ4n) is 2.52. The summed E-state index contributed by atoms with van der Waals surface area (Å²) in [7, 11) is 0.